The number of fused-ring (bicyclic) bond motifs is 5. The van der Waals surface area contributed by atoms with E-state index in [2.05, 4.69) is 41.5 Å². The van der Waals surface area contributed by atoms with E-state index in [1.165, 1.54) is 25.7 Å². The molecule has 9 atom stereocenters. The fourth-order valence-corrected chi connectivity index (χ4v) is 8.93. The molecule has 0 aliphatic heterocycles. The molecule has 0 aromatic carbocycles. The molecule has 0 spiro atoms. The fraction of sp³-hybridized carbons (Fsp3) is 1.00. The maximum Gasteiger partial charge on any atom is -0.0238 e. The van der Waals surface area contributed by atoms with Crippen LogP contribution in [0.25, 0.3) is 0 Å². The Bertz CT molecular complexity index is 478. The van der Waals surface area contributed by atoms with E-state index in [9.17, 15) is 0 Å². The molecule has 4 saturated carbocycles. The van der Waals surface area contributed by atoms with E-state index in [4.69, 9.17) is 0 Å². The molecular formula is C24H42. The number of hydrogen-bond donors (Lipinski definition) is 0. The van der Waals surface area contributed by atoms with Gasteiger partial charge in [-0.3, -0.25) is 0 Å². The molecule has 4 rings (SSSR count). The van der Waals surface area contributed by atoms with Crippen LogP contribution in [0.2, 0.25) is 0 Å². The minimum Gasteiger partial charge on any atom is -0.0625 e. The molecule has 0 heteroatoms. The van der Waals surface area contributed by atoms with Crippen molar-refractivity contribution >= 4 is 0 Å². The average Bonchev–Trinajstić information content (AvgIpc) is 2.88. The molecule has 4 aliphatic carbocycles. The van der Waals surface area contributed by atoms with Crippen molar-refractivity contribution in [3.05, 3.63) is 0 Å². The van der Waals surface area contributed by atoms with Gasteiger partial charge in [0, 0.05) is 0 Å². The van der Waals surface area contributed by atoms with E-state index in [0.29, 0.717) is 10.8 Å². The molecule has 0 heterocycles. The lowest BCUT2D eigenvalue weighted by molar-refractivity contribution is -0.142. The van der Waals surface area contributed by atoms with Gasteiger partial charge in [0.05, 0.1) is 0 Å². The molecule has 4 fully saturated rings. The van der Waals surface area contributed by atoms with Gasteiger partial charge in [0.15, 0.2) is 0 Å². The molecule has 4 aliphatic rings. The lowest BCUT2D eigenvalue weighted by Crippen LogP contribution is -2.56. The van der Waals surface area contributed by atoms with Crippen LogP contribution in [0.3, 0.4) is 0 Å². The van der Waals surface area contributed by atoms with Crippen LogP contribution < -0.4 is 0 Å². The Morgan fingerprint density at radius 3 is 2.29 bits per heavy atom. The molecular weight excluding hydrogens is 288 g/mol. The van der Waals surface area contributed by atoms with Crippen molar-refractivity contribution in [1.29, 1.82) is 0 Å². The Labute approximate surface area is 151 Å². The SMILES string of the molecule is CC1CCC2(C)C(CCC3C2CC(C)C2(C)C(C(C)C)CCC32)C1. The van der Waals surface area contributed by atoms with Gasteiger partial charge in [-0.25, -0.2) is 0 Å². The zero-order valence-electron chi connectivity index (χ0n) is 17.3. The van der Waals surface area contributed by atoms with Crippen molar-refractivity contribution in [2.75, 3.05) is 0 Å². The second-order valence-electron chi connectivity index (χ2n) is 11.5. The van der Waals surface area contributed by atoms with Gasteiger partial charge in [-0.05, 0) is 103 Å². The van der Waals surface area contributed by atoms with Gasteiger partial charge in [-0.1, -0.05) is 48.0 Å². The summed E-state index contributed by atoms with van der Waals surface area (Å²) < 4.78 is 0. The number of rotatable bonds is 1. The van der Waals surface area contributed by atoms with Gasteiger partial charge in [0.25, 0.3) is 0 Å². The Hall–Kier alpha value is 0. The van der Waals surface area contributed by atoms with Crippen LogP contribution in [-0.4, -0.2) is 0 Å². The first-order valence-corrected chi connectivity index (χ1v) is 11.3. The predicted octanol–water partition coefficient (Wildman–Crippen LogP) is 7.18. The molecule has 0 amide bonds. The zero-order valence-corrected chi connectivity index (χ0v) is 17.3. The molecule has 0 bridgehead atoms. The van der Waals surface area contributed by atoms with Crippen LogP contribution in [0.5, 0.6) is 0 Å². The highest BCUT2D eigenvalue weighted by Gasteiger charge is 2.62. The summed E-state index contributed by atoms with van der Waals surface area (Å²) in [6.07, 6.45) is 12.3. The van der Waals surface area contributed by atoms with Crippen LogP contribution >= 0.6 is 0 Å². The van der Waals surface area contributed by atoms with Crippen molar-refractivity contribution in [1.82, 2.24) is 0 Å². The molecule has 0 aromatic heterocycles. The third-order valence-electron chi connectivity index (χ3n) is 10.4. The lowest BCUT2D eigenvalue weighted by atomic mass is 9.42. The second-order valence-corrected chi connectivity index (χ2v) is 11.5. The summed E-state index contributed by atoms with van der Waals surface area (Å²) in [6, 6.07) is 0. The summed E-state index contributed by atoms with van der Waals surface area (Å²) in [6.45, 7) is 15.6. The van der Waals surface area contributed by atoms with E-state index in [1.54, 1.807) is 25.7 Å². The van der Waals surface area contributed by atoms with E-state index >= 15 is 0 Å². The molecule has 0 N–H and O–H groups in total. The minimum atomic E-state index is 0.639. The Morgan fingerprint density at radius 2 is 1.58 bits per heavy atom. The highest BCUT2D eigenvalue weighted by molar-refractivity contribution is 5.11. The van der Waals surface area contributed by atoms with Crippen LogP contribution in [0.1, 0.15) is 92.9 Å². The average molecular weight is 331 g/mol. The largest absolute Gasteiger partial charge is 0.0625 e. The first-order chi connectivity index (χ1) is 11.3. The van der Waals surface area contributed by atoms with Crippen molar-refractivity contribution in [3.63, 3.8) is 0 Å². The molecule has 0 radical (unpaired) electrons. The quantitative estimate of drug-likeness (QED) is 0.477. The van der Waals surface area contributed by atoms with E-state index in [-0.39, 0.29) is 0 Å². The zero-order chi connectivity index (χ0) is 17.3. The second kappa shape index (κ2) is 5.75. The fourth-order valence-electron chi connectivity index (χ4n) is 8.93. The van der Waals surface area contributed by atoms with Gasteiger partial charge in [0.1, 0.15) is 0 Å². The molecule has 9 unspecified atom stereocenters. The van der Waals surface area contributed by atoms with Crippen LogP contribution in [0.15, 0.2) is 0 Å². The van der Waals surface area contributed by atoms with Crippen LogP contribution in [0.4, 0.5) is 0 Å². The van der Waals surface area contributed by atoms with Crippen molar-refractivity contribution in [2.24, 2.45) is 58.2 Å². The number of hydrogen-bond acceptors (Lipinski definition) is 0. The Balaban J connectivity index is 1.65. The first-order valence-electron chi connectivity index (χ1n) is 11.3. The minimum absolute atomic E-state index is 0.639. The maximum absolute atomic E-state index is 2.73. The Kier molecular flexibility index (Phi) is 4.17. The van der Waals surface area contributed by atoms with Gasteiger partial charge in [-0.15, -0.1) is 0 Å². The summed E-state index contributed by atoms with van der Waals surface area (Å²) in [4.78, 5) is 0. The molecule has 0 saturated heterocycles. The van der Waals surface area contributed by atoms with Gasteiger partial charge < -0.3 is 0 Å². The lowest BCUT2D eigenvalue weighted by Gasteiger charge is -2.63. The maximum atomic E-state index is 2.73. The third kappa shape index (κ3) is 2.23. The topological polar surface area (TPSA) is 0 Å². The monoisotopic (exact) mass is 330 g/mol. The van der Waals surface area contributed by atoms with Gasteiger partial charge in [0.2, 0.25) is 0 Å². The third-order valence-corrected chi connectivity index (χ3v) is 10.4. The van der Waals surface area contributed by atoms with E-state index in [1.807, 2.05) is 0 Å². The normalized spacial score (nSPS) is 57.4. The Morgan fingerprint density at radius 1 is 0.833 bits per heavy atom. The summed E-state index contributed by atoms with van der Waals surface area (Å²) >= 11 is 0. The molecule has 0 aromatic rings. The van der Waals surface area contributed by atoms with Crippen LogP contribution in [-0.2, 0) is 0 Å². The van der Waals surface area contributed by atoms with Crippen LogP contribution in [0, 0.1) is 58.2 Å². The van der Waals surface area contributed by atoms with Crippen molar-refractivity contribution in [2.45, 2.75) is 92.9 Å². The van der Waals surface area contributed by atoms with E-state index < -0.39 is 0 Å². The summed E-state index contributed by atoms with van der Waals surface area (Å²) in [7, 11) is 0. The highest BCUT2D eigenvalue weighted by Crippen LogP contribution is 2.69. The summed E-state index contributed by atoms with van der Waals surface area (Å²) in [5, 5.41) is 0. The highest BCUT2D eigenvalue weighted by atomic mass is 14.7. The standard InChI is InChI=1S/C24H42/c1-15(2)20-9-10-21-19-8-7-18-13-16(3)11-12-23(18,5)22(19)14-17(4)24(20,21)6/h15-22H,7-14H2,1-6H3. The summed E-state index contributed by atoms with van der Waals surface area (Å²) in [5.74, 6) is 7.97. The van der Waals surface area contributed by atoms with Crippen molar-refractivity contribution in [3.8, 4) is 0 Å². The van der Waals surface area contributed by atoms with Crippen molar-refractivity contribution < 1.29 is 0 Å². The van der Waals surface area contributed by atoms with E-state index in [0.717, 1.165) is 47.3 Å². The smallest absolute Gasteiger partial charge is 0.0238 e. The first kappa shape index (κ1) is 17.4. The van der Waals surface area contributed by atoms with Gasteiger partial charge in [-0.2, -0.15) is 0 Å². The summed E-state index contributed by atoms with van der Waals surface area (Å²) in [5.41, 5.74) is 1.32. The van der Waals surface area contributed by atoms with Gasteiger partial charge >= 0.3 is 0 Å². The molecule has 0 nitrogen and oxygen atoms in total. The molecule has 138 valence electrons. The molecule has 24 heavy (non-hydrogen) atoms. The predicted molar refractivity (Wildman–Crippen MR) is 104 cm³/mol.